The van der Waals surface area contributed by atoms with Crippen LogP contribution in [0.5, 0.6) is 0 Å². The predicted octanol–water partition coefficient (Wildman–Crippen LogP) is 3.72. The van der Waals surface area contributed by atoms with Crippen LogP contribution < -0.4 is 21.9 Å². The summed E-state index contributed by atoms with van der Waals surface area (Å²) in [6.07, 6.45) is 2.11. The highest BCUT2D eigenvalue weighted by Gasteiger charge is 2.18. The van der Waals surface area contributed by atoms with Crippen molar-refractivity contribution in [2.75, 3.05) is 11.9 Å². The molecule has 0 saturated heterocycles. The standard InChI is InChI=1S/C31H28N4O5/c1-21-9-12-24(13-10-21)33-28(36)20-34-27-18-23(29(37)32-16-15-22-6-3-2-4-7-22)11-14-26(27)30(38)35(31(34)39)19-25-8-5-17-40-25/h2-14,17-18H,15-16,19-20H2,1H3,(H,32,37)(H,33,36). The fourth-order valence-corrected chi connectivity index (χ4v) is 4.46. The zero-order chi connectivity index (χ0) is 28.1. The molecule has 202 valence electrons. The molecule has 2 aromatic heterocycles. The Morgan fingerprint density at radius 3 is 2.38 bits per heavy atom. The predicted molar refractivity (Wildman–Crippen MR) is 153 cm³/mol. The van der Waals surface area contributed by atoms with Gasteiger partial charge in [-0.1, -0.05) is 48.0 Å². The Kier molecular flexibility index (Phi) is 7.72. The molecule has 0 aliphatic heterocycles. The summed E-state index contributed by atoms with van der Waals surface area (Å²) in [5.41, 5.74) is 1.95. The first-order valence-corrected chi connectivity index (χ1v) is 12.9. The monoisotopic (exact) mass is 536 g/mol. The number of carbonyl (C=O) groups is 2. The molecule has 40 heavy (non-hydrogen) atoms. The first kappa shape index (κ1) is 26.4. The number of benzene rings is 3. The van der Waals surface area contributed by atoms with E-state index in [1.807, 2.05) is 49.4 Å². The second-order valence-corrected chi connectivity index (χ2v) is 9.48. The number of aryl methyl sites for hydroxylation is 1. The van der Waals surface area contributed by atoms with Crippen LogP contribution in [-0.2, 0) is 24.3 Å². The number of aromatic nitrogens is 2. The Morgan fingerprint density at radius 1 is 0.875 bits per heavy atom. The number of nitrogens with one attached hydrogen (secondary N) is 2. The van der Waals surface area contributed by atoms with Crippen molar-refractivity contribution in [2.45, 2.75) is 26.4 Å². The Bertz CT molecular complexity index is 1770. The molecule has 0 radical (unpaired) electrons. The lowest BCUT2D eigenvalue weighted by Crippen LogP contribution is -2.42. The van der Waals surface area contributed by atoms with Crippen LogP contribution in [0.1, 0.15) is 27.2 Å². The summed E-state index contributed by atoms with van der Waals surface area (Å²) in [7, 11) is 0. The fraction of sp³-hybridized carbons (Fsp3) is 0.161. The van der Waals surface area contributed by atoms with E-state index in [4.69, 9.17) is 4.42 Å². The van der Waals surface area contributed by atoms with Crippen LogP contribution in [0.3, 0.4) is 0 Å². The van der Waals surface area contributed by atoms with E-state index in [9.17, 15) is 19.2 Å². The molecule has 0 unspecified atom stereocenters. The summed E-state index contributed by atoms with van der Waals surface area (Å²) >= 11 is 0. The van der Waals surface area contributed by atoms with Crippen LogP contribution in [0.2, 0.25) is 0 Å². The molecule has 0 spiro atoms. The molecule has 3 aromatic carbocycles. The number of hydrogen-bond donors (Lipinski definition) is 2. The number of nitrogens with zero attached hydrogens (tertiary/aromatic N) is 2. The number of furan rings is 1. The highest BCUT2D eigenvalue weighted by atomic mass is 16.3. The van der Waals surface area contributed by atoms with Crippen LogP contribution in [0.15, 0.2) is 105 Å². The summed E-state index contributed by atoms with van der Waals surface area (Å²) < 4.78 is 7.59. The van der Waals surface area contributed by atoms with Crippen LogP contribution >= 0.6 is 0 Å². The zero-order valence-corrected chi connectivity index (χ0v) is 21.9. The minimum atomic E-state index is -0.686. The highest BCUT2D eigenvalue weighted by Crippen LogP contribution is 2.14. The molecular formula is C31H28N4O5. The maximum atomic E-state index is 13.6. The third-order valence-electron chi connectivity index (χ3n) is 6.56. The third-order valence-corrected chi connectivity index (χ3v) is 6.56. The van der Waals surface area contributed by atoms with E-state index in [1.54, 1.807) is 30.3 Å². The third kappa shape index (κ3) is 5.94. The van der Waals surface area contributed by atoms with Gasteiger partial charge in [-0.25, -0.2) is 4.79 Å². The van der Waals surface area contributed by atoms with Gasteiger partial charge in [-0.3, -0.25) is 23.5 Å². The van der Waals surface area contributed by atoms with Gasteiger partial charge in [-0.05, 0) is 61.4 Å². The number of hydrogen-bond acceptors (Lipinski definition) is 5. The van der Waals surface area contributed by atoms with Gasteiger partial charge >= 0.3 is 5.69 Å². The number of fused-ring (bicyclic) bond motifs is 1. The van der Waals surface area contributed by atoms with Gasteiger partial charge in [-0.2, -0.15) is 0 Å². The summed E-state index contributed by atoms with van der Waals surface area (Å²) in [5, 5.41) is 5.87. The summed E-state index contributed by atoms with van der Waals surface area (Å²) in [4.78, 5) is 52.9. The quantitative estimate of drug-likeness (QED) is 0.298. The van der Waals surface area contributed by atoms with E-state index in [0.717, 1.165) is 15.7 Å². The van der Waals surface area contributed by atoms with E-state index in [-0.39, 0.29) is 35.5 Å². The first-order valence-electron chi connectivity index (χ1n) is 12.9. The lowest BCUT2D eigenvalue weighted by Gasteiger charge is -2.15. The number of amides is 2. The molecule has 2 heterocycles. The molecule has 5 rings (SSSR count). The van der Waals surface area contributed by atoms with Gasteiger partial charge in [-0.15, -0.1) is 0 Å². The highest BCUT2D eigenvalue weighted by molar-refractivity contribution is 5.98. The average Bonchev–Trinajstić information content (AvgIpc) is 3.48. The normalized spacial score (nSPS) is 10.9. The van der Waals surface area contributed by atoms with E-state index < -0.39 is 17.2 Å². The molecule has 0 fully saturated rings. The van der Waals surface area contributed by atoms with Crippen molar-refractivity contribution in [3.63, 3.8) is 0 Å². The minimum absolute atomic E-state index is 0.0953. The lowest BCUT2D eigenvalue weighted by molar-refractivity contribution is -0.116. The molecule has 0 bridgehead atoms. The molecule has 5 aromatic rings. The van der Waals surface area contributed by atoms with Crippen molar-refractivity contribution < 1.29 is 14.0 Å². The van der Waals surface area contributed by atoms with Crippen molar-refractivity contribution in [2.24, 2.45) is 0 Å². The second kappa shape index (κ2) is 11.7. The summed E-state index contributed by atoms with van der Waals surface area (Å²) in [5.74, 6) is -0.377. The number of carbonyl (C=O) groups excluding carboxylic acids is 2. The molecule has 2 N–H and O–H groups in total. The van der Waals surface area contributed by atoms with Gasteiger partial charge in [0.05, 0.1) is 23.7 Å². The van der Waals surface area contributed by atoms with Crippen LogP contribution in [-0.4, -0.2) is 27.5 Å². The van der Waals surface area contributed by atoms with Crippen molar-refractivity contribution in [1.29, 1.82) is 0 Å². The smallest absolute Gasteiger partial charge is 0.332 e. The Morgan fingerprint density at radius 2 is 1.65 bits per heavy atom. The molecular weight excluding hydrogens is 508 g/mol. The maximum absolute atomic E-state index is 13.6. The van der Waals surface area contributed by atoms with Crippen LogP contribution in [0.25, 0.3) is 10.9 Å². The van der Waals surface area contributed by atoms with E-state index in [1.165, 1.54) is 23.0 Å². The summed E-state index contributed by atoms with van der Waals surface area (Å²) in [6, 6.07) is 24.9. The van der Waals surface area contributed by atoms with Gasteiger partial charge in [0.1, 0.15) is 12.3 Å². The van der Waals surface area contributed by atoms with E-state index in [2.05, 4.69) is 10.6 Å². The zero-order valence-electron chi connectivity index (χ0n) is 21.9. The molecule has 0 atom stereocenters. The maximum Gasteiger partial charge on any atom is 0.332 e. The van der Waals surface area contributed by atoms with Crippen molar-refractivity contribution in [3.8, 4) is 0 Å². The SMILES string of the molecule is Cc1ccc(NC(=O)Cn2c(=O)n(Cc3ccco3)c(=O)c3ccc(C(=O)NCCc4ccccc4)cc32)cc1. The molecule has 0 aliphatic rings. The van der Waals surface area contributed by atoms with Gasteiger partial charge in [0, 0.05) is 17.8 Å². The Labute approximate surface area is 229 Å². The van der Waals surface area contributed by atoms with Crippen molar-refractivity contribution in [3.05, 3.63) is 134 Å². The molecule has 9 nitrogen and oxygen atoms in total. The van der Waals surface area contributed by atoms with Gasteiger partial charge in [0.15, 0.2) is 0 Å². The molecule has 0 saturated carbocycles. The average molecular weight is 537 g/mol. The fourth-order valence-electron chi connectivity index (χ4n) is 4.46. The number of rotatable bonds is 9. The summed E-state index contributed by atoms with van der Waals surface area (Å²) in [6.45, 7) is 1.90. The van der Waals surface area contributed by atoms with Crippen molar-refractivity contribution in [1.82, 2.24) is 14.5 Å². The Balaban J connectivity index is 1.48. The van der Waals surface area contributed by atoms with Crippen LogP contribution in [0.4, 0.5) is 5.69 Å². The van der Waals surface area contributed by atoms with Crippen molar-refractivity contribution >= 4 is 28.4 Å². The lowest BCUT2D eigenvalue weighted by atomic mass is 10.1. The van der Waals surface area contributed by atoms with Crippen LogP contribution in [0, 0.1) is 6.92 Å². The molecule has 0 aliphatic carbocycles. The van der Waals surface area contributed by atoms with Gasteiger partial charge in [0.2, 0.25) is 5.91 Å². The second-order valence-electron chi connectivity index (χ2n) is 9.48. The molecule has 9 heteroatoms. The minimum Gasteiger partial charge on any atom is -0.467 e. The number of anilines is 1. The van der Waals surface area contributed by atoms with E-state index >= 15 is 0 Å². The molecule has 2 amide bonds. The van der Waals surface area contributed by atoms with Gasteiger partial charge in [0.25, 0.3) is 11.5 Å². The Hall–Kier alpha value is -5.18. The largest absolute Gasteiger partial charge is 0.467 e. The topological polar surface area (TPSA) is 115 Å². The first-order chi connectivity index (χ1) is 19.4. The van der Waals surface area contributed by atoms with Gasteiger partial charge < -0.3 is 15.1 Å². The van der Waals surface area contributed by atoms with E-state index in [0.29, 0.717) is 24.4 Å².